The maximum atomic E-state index is 6.20. The smallest absolute Gasteiger partial charge is 0.110 e. The molecule has 0 saturated heterocycles. The second kappa shape index (κ2) is 11.0. The second-order valence-corrected chi connectivity index (χ2v) is 8.50. The Kier molecular flexibility index (Phi) is 8.34. The van der Waals surface area contributed by atoms with Crippen LogP contribution in [0, 0.1) is 5.92 Å². The van der Waals surface area contributed by atoms with Gasteiger partial charge in [0.1, 0.15) is 5.82 Å². The zero-order valence-electron chi connectivity index (χ0n) is 17.1. The molecule has 0 amide bonds. The Labute approximate surface area is 190 Å². The SMILES string of the molecule is Cl.NCC1CC(NCc2cnc(Cc3ccccc3)[nH]2)CCC1c1cccc(Cl)c1. The van der Waals surface area contributed by atoms with E-state index in [9.17, 15) is 0 Å². The molecule has 4 N–H and O–H groups in total. The summed E-state index contributed by atoms with van der Waals surface area (Å²) in [5.74, 6) is 1.99. The molecule has 30 heavy (non-hydrogen) atoms. The Morgan fingerprint density at radius 1 is 1.10 bits per heavy atom. The number of nitrogens with one attached hydrogen (secondary N) is 2. The van der Waals surface area contributed by atoms with Crippen molar-refractivity contribution in [3.05, 3.63) is 88.5 Å². The van der Waals surface area contributed by atoms with Gasteiger partial charge in [0.15, 0.2) is 0 Å². The monoisotopic (exact) mass is 444 g/mol. The summed E-state index contributed by atoms with van der Waals surface area (Å²) in [4.78, 5) is 7.99. The quantitative estimate of drug-likeness (QED) is 0.475. The van der Waals surface area contributed by atoms with Crippen LogP contribution in [0.25, 0.3) is 0 Å². The maximum Gasteiger partial charge on any atom is 0.110 e. The van der Waals surface area contributed by atoms with Crippen molar-refractivity contribution in [2.75, 3.05) is 6.54 Å². The van der Waals surface area contributed by atoms with E-state index in [1.807, 2.05) is 24.4 Å². The number of aromatic amines is 1. The van der Waals surface area contributed by atoms with Crippen LogP contribution in [0.2, 0.25) is 5.02 Å². The van der Waals surface area contributed by atoms with Gasteiger partial charge in [-0.1, -0.05) is 54.1 Å². The predicted octanol–water partition coefficient (Wildman–Crippen LogP) is 5.08. The van der Waals surface area contributed by atoms with Crippen molar-refractivity contribution in [3.63, 3.8) is 0 Å². The number of nitrogens with zero attached hydrogens (tertiary/aromatic N) is 1. The van der Waals surface area contributed by atoms with Gasteiger partial charge < -0.3 is 16.0 Å². The van der Waals surface area contributed by atoms with Gasteiger partial charge in [-0.15, -0.1) is 12.4 Å². The first-order valence-corrected chi connectivity index (χ1v) is 10.8. The number of H-pyrrole nitrogens is 1. The van der Waals surface area contributed by atoms with E-state index in [0.29, 0.717) is 24.4 Å². The van der Waals surface area contributed by atoms with E-state index in [0.717, 1.165) is 48.8 Å². The minimum absolute atomic E-state index is 0. The third-order valence-electron chi connectivity index (χ3n) is 6.04. The molecule has 3 unspecified atom stereocenters. The zero-order valence-corrected chi connectivity index (χ0v) is 18.6. The zero-order chi connectivity index (χ0) is 20.1. The van der Waals surface area contributed by atoms with Gasteiger partial charge in [0.25, 0.3) is 0 Å². The van der Waals surface area contributed by atoms with Crippen molar-refractivity contribution < 1.29 is 0 Å². The minimum atomic E-state index is 0. The fourth-order valence-corrected chi connectivity index (χ4v) is 4.71. The van der Waals surface area contributed by atoms with Crippen molar-refractivity contribution in [1.29, 1.82) is 0 Å². The van der Waals surface area contributed by atoms with Gasteiger partial charge in [-0.2, -0.15) is 0 Å². The lowest BCUT2D eigenvalue weighted by molar-refractivity contribution is 0.253. The molecule has 0 bridgehead atoms. The minimum Gasteiger partial charge on any atom is -0.345 e. The third-order valence-corrected chi connectivity index (χ3v) is 6.27. The highest BCUT2D eigenvalue weighted by Crippen LogP contribution is 2.38. The van der Waals surface area contributed by atoms with Crippen molar-refractivity contribution in [2.45, 2.75) is 44.2 Å². The number of benzene rings is 2. The molecule has 0 radical (unpaired) electrons. The molecule has 0 aliphatic heterocycles. The molecule has 3 aromatic rings. The van der Waals surface area contributed by atoms with Crippen LogP contribution in [0.4, 0.5) is 0 Å². The fourth-order valence-electron chi connectivity index (χ4n) is 4.51. The van der Waals surface area contributed by atoms with E-state index in [1.54, 1.807) is 0 Å². The molecule has 6 heteroatoms. The van der Waals surface area contributed by atoms with E-state index in [-0.39, 0.29) is 12.4 Å². The summed E-state index contributed by atoms with van der Waals surface area (Å²) in [6, 6.07) is 19.2. The van der Waals surface area contributed by atoms with Crippen molar-refractivity contribution in [2.24, 2.45) is 11.7 Å². The molecule has 1 aliphatic carbocycles. The normalized spacial score (nSPS) is 21.2. The average molecular weight is 445 g/mol. The highest BCUT2D eigenvalue weighted by atomic mass is 35.5. The highest BCUT2D eigenvalue weighted by molar-refractivity contribution is 6.30. The Morgan fingerprint density at radius 3 is 2.70 bits per heavy atom. The summed E-state index contributed by atoms with van der Waals surface area (Å²) in [6.45, 7) is 1.52. The Bertz CT molecular complexity index is 912. The first-order valence-electron chi connectivity index (χ1n) is 10.5. The summed E-state index contributed by atoms with van der Waals surface area (Å²) >= 11 is 6.20. The highest BCUT2D eigenvalue weighted by Gasteiger charge is 2.30. The molecule has 1 heterocycles. The van der Waals surface area contributed by atoms with Crippen LogP contribution in [-0.4, -0.2) is 22.6 Å². The number of rotatable bonds is 7. The van der Waals surface area contributed by atoms with Crippen LogP contribution in [0.3, 0.4) is 0 Å². The molecule has 1 aromatic heterocycles. The van der Waals surface area contributed by atoms with Crippen molar-refractivity contribution >= 4 is 24.0 Å². The molecular weight excluding hydrogens is 415 g/mol. The van der Waals surface area contributed by atoms with Gasteiger partial charge in [0, 0.05) is 35.9 Å². The summed E-state index contributed by atoms with van der Waals surface area (Å²) in [5.41, 5.74) is 9.87. The molecule has 0 spiro atoms. The largest absolute Gasteiger partial charge is 0.345 e. The number of aromatic nitrogens is 2. The molecule has 1 saturated carbocycles. The molecule has 3 atom stereocenters. The van der Waals surface area contributed by atoms with Gasteiger partial charge in [-0.05, 0) is 60.9 Å². The summed E-state index contributed by atoms with van der Waals surface area (Å²) in [5, 5.41) is 4.52. The van der Waals surface area contributed by atoms with Crippen LogP contribution in [0.15, 0.2) is 60.8 Å². The number of halogens is 2. The summed E-state index contributed by atoms with van der Waals surface area (Å²) in [6.07, 6.45) is 6.17. The van der Waals surface area contributed by atoms with Crippen LogP contribution < -0.4 is 11.1 Å². The van der Waals surface area contributed by atoms with E-state index in [2.05, 4.69) is 51.7 Å². The van der Waals surface area contributed by atoms with Gasteiger partial charge in [-0.25, -0.2) is 4.98 Å². The lowest BCUT2D eigenvalue weighted by Gasteiger charge is -2.36. The van der Waals surface area contributed by atoms with Crippen LogP contribution in [0.1, 0.15) is 47.8 Å². The number of hydrogen-bond donors (Lipinski definition) is 3. The van der Waals surface area contributed by atoms with Crippen LogP contribution >= 0.6 is 24.0 Å². The van der Waals surface area contributed by atoms with E-state index in [4.69, 9.17) is 17.3 Å². The van der Waals surface area contributed by atoms with Crippen LogP contribution in [0.5, 0.6) is 0 Å². The standard InChI is InChI=1S/C24H29ClN4.ClH/c25-20-8-4-7-18(12-20)23-10-9-21(13-19(23)14-26)27-15-22-16-28-24(29-22)11-17-5-2-1-3-6-17;/h1-8,12,16,19,21,23,27H,9-11,13-15,26H2,(H,28,29);1H. The lowest BCUT2D eigenvalue weighted by Crippen LogP contribution is -2.39. The molecule has 1 aliphatic rings. The first-order chi connectivity index (χ1) is 14.2. The van der Waals surface area contributed by atoms with E-state index in [1.165, 1.54) is 11.1 Å². The Morgan fingerprint density at radius 2 is 1.93 bits per heavy atom. The van der Waals surface area contributed by atoms with Crippen LogP contribution in [-0.2, 0) is 13.0 Å². The van der Waals surface area contributed by atoms with E-state index < -0.39 is 0 Å². The topological polar surface area (TPSA) is 66.7 Å². The van der Waals surface area contributed by atoms with Crippen molar-refractivity contribution in [3.8, 4) is 0 Å². The molecule has 160 valence electrons. The number of imidazole rings is 1. The molecule has 4 rings (SSSR count). The third kappa shape index (κ3) is 5.86. The molecular formula is C24H30Cl2N4. The maximum absolute atomic E-state index is 6.20. The lowest BCUT2D eigenvalue weighted by atomic mass is 9.73. The predicted molar refractivity (Wildman–Crippen MR) is 126 cm³/mol. The number of hydrogen-bond acceptors (Lipinski definition) is 3. The summed E-state index contributed by atoms with van der Waals surface area (Å²) in [7, 11) is 0. The van der Waals surface area contributed by atoms with E-state index >= 15 is 0 Å². The van der Waals surface area contributed by atoms with Gasteiger partial charge >= 0.3 is 0 Å². The van der Waals surface area contributed by atoms with Crippen molar-refractivity contribution in [1.82, 2.24) is 15.3 Å². The molecule has 2 aromatic carbocycles. The second-order valence-electron chi connectivity index (χ2n) is 8.07. The Balaban J connectivity index is 0.00000256. The van der Waals surface area contributed by atoms with Gasteiger partial charge in [0.2, 0.25) is 0 Å². The number of nitrogens with two attached hydrogens (primary N) is 1. The van der Waals surface area contributed by atoms with Gasteiger partial charge in [0.05, 0.1) is 0 Å². The molecule has 1 fully saturated rings. The summed E-state index contributed by atoms with van der Waals surface area (Å²) < 4.78 is 0. The molecule has 4 nitrogen and oxygen atoms in total. The van der Waals surface area contributed by atoms with Gasteiger partial charge in [-0.3, -0.25) is 0 Å². The Hall–Kier alpha value is -1.85. The first kappa shape index (κ1) is 22.8. The average Bonchev–Trinajstić information content (AvgIpc) is 3.20. The fraction of sp³-hybridized carbons (Fsp3) is 0.375.